The molecule has 2 N–H and O–H groups in total. The molecule has 0 spiro atoms. The molecule has 2 heterocycles. The Morgan fingerprint density at radius 3 is 2.70 bits per heavy atom. The van der Waals surface area contributed by atoms with Gasteiger partial charge < -0.3 is 4.74 Å². The number of benzene rings is 1. The highest BCUT2D eigenvalue weighted by Crippen LogP contribution is 2.32. The van der Waals surface area contributed by atoms with Crippen LogP contribution in [0, 0.1) is 6.92 Å². The van der Waals surface area contributed by atoms with E-state index in [9.17, 15) is 22.8 Å². The maximum Gasteiger partial charge on any atom is 0.416 e. The summed E-state index contributed by atoms with van der Waals surface area (Å²) in [6, 6.07) is 3.55. The second-order valence-electron chi connectivity index (χ2n) is 8.27. The fourth-order valence-electron chi connectivity index (χ4n) is 3.27. The van der Waals surface area contributed by atoms with Crippen molar-refractivity contribution in [2.45, 2.75) is 32.5 Å². The van der Waals surface area contributed by atoms with E-state index in [0.29, 0.717) is 25.3 Å². The van der Waals surface area contributed by atoms with Crippen molar-refractivity contribution in [1.29, 1.82) is 0 Å². The number of aryl methyl sites for hydroxylation is 1. The lowest BCUT2D eigenvalue weighted by molar-refractivity contribution is -0.137. The summed E-state index contributed by atoms with van der Waals surface area (Å²) in [7, 11) is 0. The van der Waals surface area contributed by atoms with E-state index in [0.717, 1.165) is 18.2 Å². The number of rotatable bonds is 5. The molecule has 3 rings (SSSR count). The van der Waals surface area contributed by atoms with E-state index in [1.807, 2.05) is 18.7 Å². The lowest BCUT2D eigenvalue weighted by Crippen LogP contribution is -2.57. The van der Waals surface area contributed by atoms with Crippen LogP contribution in [-0.2, 0) is 20.5 Å². The van der Waals surface area contributed by atoms with E-state index >= 15 is 0 Å². The number of nitrogens with zero attached hydrogens (tertiary/aromatic N) is 4. The van der Waals surface area contributed by atoms with Crippen LogP contribution >= 0.6 is 0 Å². The van der Waals surface area contributed by atoms with Crippen LogP contribution in [0.3, 0.4) is 0 Å². The molecular formula is C21H25F3N6O3. The van der Waals surface area contributed by atoms with Gasteiger partial charge in [-0.25, -0.2) is 9.67 Å². The van der Waals surface area contributed by atoms with Gasteiger partial charge in [0.2, 0.25) is 0 Å². The standard InChI is InChI=1S/C21H25F3N6O3/c1-14-8-15(10-16(9-14)21(22,23)24)19-25-13-30(28-19)5-4-17(31)26-27-18(32)11-29-6-7-33-12-20(29,2)3/h4-5,8-10,13H,6-7,11-12H2,1-3H3,(H,26,31)(H,27,32)/b5-4-. The lowest BCUT2D eigenvalue weighted by Gasteiger charge is -2.41. The van der Waals surface area contributed by atoms with Gasteiger partial charge in [0.15, 0.2) is 5.82 Å². The van der Waals surface area contributed by atoms with Gasteiger partial charge in [0.05, 0.1) is 25.3 Å². The minimum atomic E-state index is -4.48. The molecule has 2 aromatic rings. The smallest absolute Gasteiger partial charge is 0.378 e. The fraction of sp³-hybridized carbons (Fsp3) is 0.429. The Labute approximate surface area is 188 Å². The molecule has 178 valence electrons. The number of hydrogen-bond acceptors (Lipinski definition) is 6. The van der Waals surface area contributed by atoms with Crippen LogP contribution in [-0.4, -0.2) is 63.3 Å². The van der Waals surface area contributed by atoms with Gasteiger partial charge in [-0.15, -0.1) is 5.10 Å². The van der Waals surface area contributed by atoms with Crippen LogP contribution in [0.2, 0.25) is 0 Å². The van der Waals surface area contributed by atoms with E-state index in [1.54, 1.807) is 6.92 Å². The molecule has 0 saturated carbocycles. The molecule has 12 heteroatoms. The average Bonchev–Trinajstić information content (AvgIpc) is 3.20. The number of morpholine rings is 1. The van der Waals surface area contributed by atoms with E-state index in [4.69, 9.17) is 4.74 Å². The predicted octanol–water partition coefficient (Wildman–Crippen LogP) is 2.00. The topological polar surface area (TPSA) is 101 Å². The molecule has 1 saturated heterocycles. The van der Waals surface area contributed by atoms with Gasteiger partial charge in [0.25, 0.3) is 11.8 Å². The molecule has 1 aromatic carbocycles. The highest BCUT2D eigenvalue weighted by molar-refractivity contribution is 5.91. The van der Waals surface area contributed by atoms with Gasteiger partial charge in [0.1, 0.15) is 6.33 Å². The number of amides is 2. The van der Waals surface area contributed by atoms with Gasteiger partial charge in [-0.1, -0.05) is 0 Å². The van der Waals surface area contributed by atoms with Gasteiger partial charge in [-0.3, -0.25) is 25.3 Å². The van der Waals surface area contributed by atoms with Crippen molar-refractivity contribution in [3.05, 3.63) is 41.7 Å². The molecular weight excluding hydrogens is 441 g/mol. The third-order valence-electron chi connectivity index (χ3n) is 5.03. The average molecular weight is 466 g/mol. The zero-order valence-electron chi connectivity index (χ0n) is 18.4. The Morgan fingerprint density at radius 2 is 2.00 bits per heavy atom. The summed E-state index contributed by atoms with van der Waals surface area (Å²) in [5, 5.41) is 4.07. The Hall–Kier alpha value is -3.25. The summed E-state index contributed by atoms with van der Waals surface area (Å²) in [5.41, 5.74) is 4.15. The van der Waals surface area contributed by atoms with E-state index in [-0.39, 0.29) is 29.4 Å². The summed E-state index contributed by atoms with van der Waals surface area (Å²) >= 11 is 0. The van der Waals surface area contributed by atoms with Crippen LogP contribution in [0.25, 0.3) is 17.6 Å². The molecule has 1 aliphatic rings. The SMILES string of the molecule is Cc1cc(-c2ncn(/C=C\C(=O)NNC(=O)CN3CCOCC3(C)C)n2)cc(C(F)(F)F)c1. The molecule has 0 atom stereocenters. The van der Waals surface area contributed by atoms with E-state index in [1.165, 1.54) is 23.3 Å². The predicted molar refractivity (Wildman–Crippen MR) is 113 cm³/mol. The molecule has 1 fully saturated rings. The van der Waals surface area contributed by atoms with Crippen LogP contribution in [0.1, 0.15) is 25.0 Å². The molecule has 1 aliphatic heterocycles. The number of carbonyl (C=O) groups is 2. The summed E-state index contributed by atoms with van der Waals surface area (Å²) in [6.45, 7) is 7.23. The first-order valence-electron chi connectivity index (χ1n) is 10.1. The number of hydrogen-bond donors (Lipinski definition) is 2. The number of ether oxygens (including phenoxy) is 1. The number of halogens is 3. The molecule has 0 aliphatic carbocycles. The van der Waals surface area contributed by atoms with Crippen LogP contribution in [0.4, 0.5) is 13.2 Å². The van der Waals surface area contributed by atoms with Crippen molar-refractivity contribution < 1.29 is 27.5 Å². The van der Waals surface area contributed by atoms with Crippen LogP contribution < -0.4 is 10.9 Å². The molecule has 1 aromatic heterocycles. The maximum absolute atomic E-state index is 13.0. The Bertz CT molecular complexity index is 1050. The molecule has 33 heavy (non-hydrogen) atoms. The first kappa shape index (κ1) is 24.4. The van der Waals surface area contributed by atoms with Crippen molar-refractivity contribution in [2.75, 3.05) is 26.3 Å². The second kappa shape index (κ2) is 9.71. The number of aromatic nitrogens is 3. The van der Waals surface area contributed by atoms with Crippen molar-refractivity contribution in [3.63, 3.8) is 0 Å². The third kappa shape index (κ3) is 6.62. The first-order valence-corrected chi connectivity index (χ1v) is 10.1. The fourth-order valence-corrected chi connectivity index (χ4v) is 3.27. The third-order valence-corrected chi connectivity index (χ3v) is 5.03. The summed E-state index contributed by atoms with van der Waals surface area (Å²) in [5.74, 6) is -0.915. The van der Waals surface area contributed by atoms with Crippen molar-refractivity contribution in [3.8, 4) is 11.4 Å². The summed E-state index contributed by atoms with van der Waals surface area (Å²) in [4.78, 5) is 30.1. The maximum atomic E-state index is 13.0. The zero-order valence-corrected chi connectivity index (χ0v) is 18.4. The van der Waals surface area contributed by atoms with Crippen LogP contribution in [0.5, 0.6) is 0 Å². The van der Waals surface area contributed by atoms with E-state index in [2.05, 4.69) is 20.9 Å². The van der Waals surface area contributed by atoms with E-state index < -0.39 is 17.6 Å². The minimum Gasteiger partial charge on any atom is -0.378 e. The molecule has 2 amide bonds. The number of nitrogens with one attached hydrogen (secondary N) is 2. The lowest BCUT2D eigenvalue weighted by atomic mass is 10.0. The van der Waals surface area contributed by atoms with Gasteiger partial charge in [0, 0.05) is 29.9 Å². The Kier molecular flexibility index (Phi) is 7.18. The van der Waals surface area contributed by atoms with Gasteiger partial charge in [-0.05, 0) is 44.5 Å². The number of alkyl halides is 3. The highest BCUT2D eigenvalue weighted by Gasteiger charge is 2.32. The zero-order chi connectivity index (χ0) is 24.2. The monoisotopic (exact) mass is 466 g/mol. The van der Waals surface area contributed by atoms with Crippen LogP contribution in [0.15, 0.2) is 30.6 Å². The van der Waals surface area contributed by atoms with Gasteiger partial charge >= 0.3 is 6.18 Å². The molecule has 0 radical (unpaired) electrons. The van der Waals surface area contributed by atoms with Gasteiger partial charge in [-0.2, -0.15) is 13.2 Å². The second-order valence-corrected chi connectivity index (χ2v) is 8.27. The molecule has 0 unspecified atom stereocenters. The van der Waals surface area contributed by atoms with Crippen molar-refractivity contribution in [1.82, 2.24) is 30.5 Å². The first-order chi connectivity index (χ1) is 15.4. The Morgan fingerprint density at radius 1 is 1.24 bits per heavy atom. The Balaban J connectivity index is 1.55. The number of carbonyl (C=O) groups excluding carboxylic acids is 2. The van der Waals surface area contributed by atoms with Crippen molar-refractivity contribution >= 4 is 18.0 Å². The molecule has 0 bridgehead atoms. The quantitative estimate of drug-likeness (QED) is 0.517. The largest absolute Gasteiger partial charge is 0.416 e. The molecule has 9 nitrogen and oxygen atoms in total. The normalized spacial score (nSPS) is 16.7. The summed E-state index contributed by atoms with van der Waals surface area (Å²) < 4.78 is 45.7. The highest BCUT2D eigenvalue weighted by atomic mass is 19.4. The number of hydrazine groups is 1. The van der Waals surface area contributed by atoms with Crippen molar-refractivity contribution in [2.24, 2.45) is 0 Å². The minimum absolute atomic E-state index is 0.0793. The summed E-state index contributed by atoms with van der Waals surface area (Å²) in [6.07, 6.45) is -0.852.